The van der Waals surface area contributed by atoms with E-state index in [0.717, 1.165) is 12.1 Å². The molecule has 0 unspecified atom stereocenters. The molecule has 0 spiro atoms. The molecule has 0 aliphatic carbocycles. The zero-order valence-electron chi connectivity index (χ0n) is 7.76. The third kappa shape index (κ3) is 2.01. The molecule has 0 N–H and O–H groups in total. The molecule has 1 aliphatic rings. The van der Waals surface area contributed by atoms with E-state index in [0.29, 0.717) is 5.15 Å². The summed E-state index contributed by atoms with van der Waals surface area (Å²) in [6, 6.07) is 2.12. The number of likely N-dealkylation sites (tertiary alicyclic amines) is 1. The fourth-order valence-corrected chi connectivity index (χ4v) is 1.60. The van der Waals surface area contributed by atoms with Crippen LogP contribution >= 0.6 is 11.6 Å². The Balaban J connectivity index is 2.07. The van der Waals surface area contributed by atoms with Crippen LogP contribution < -0.4 is 0 Å². The second-order valence-electron chi connectivity index (χ2n) is 3.58. The fraction of sp³-hybridized carbons (Fsp3) is 0.500. The SMILES string of the molecule is Cc1cc(CN2CCC2)cnc1Cl. The van der Waals surface area contributed by atoms with E-state index in [1.807, 2.05) is 13.1 Å². The first-order chi connectivity index (χ1) is 6.25. The average Bonchev–Trinajstić information content (AvgIpc) is 2.04. The van der Waals surface area contributed by atoms with Gasteiger partial charge in [-0.1, -0.05) is 17.7 Å². The Bertz CT molecular complexity index is 308. The number of aromatic nitrogens is 1. The van der Waals surface area contributed by atoms with E-state index in [1.165, 1.54) is 25.1 Å². The van der Waals surface area contributed by atoms with Crippen molar-refractivity contribution in [2.24, 2.45) is 0 Å². The van der Waals surface area contributed by atoms with Gasteiger partial charge in [-0.15, -0.1) is 0 Å². The Morgan fingerprint density at radius 2 is 2.31 bits per heavy atom. The third-order valence-electron chi connectivity index (χ3n) is 2.43. The first-order valence-electron chi connectivity index (χ1n) is 4.59. The van der Waals surface area contributed by atoms with Crippen molar-refractivity contribution < 1.29 is 0 Å². The van der Waals surface area contributed by atoms with Gasteiger partial charge in [-0.2, -0.15) is 0 Å². The van der Waals surface area contributed by atoms with Crippen LogP contribution in [0.15, 0.2) is 12.3 Å². The first kappa shape index (κ1) is 8.97. The standard InChI is InChI=1S/C10H13ClN2/c1-8-5-9(6-12-10(8)11)7-13-3-2-4-13/h5-6H,2-4,7H2,1H3. The van der Waals surface area contributed by atoms with E-state index in [2.05, 4.69) is 16.0 Å². The number of hydrogen-bond acceptors (Lipinski definition) is 2. The minimum absolute atomic E-state index is 0.618. The van der Waals surface area contributed by atoms with E-state index in [-0.39, 0.29) is 0 Å². The van der Waals surface area contributed by atoms with Crippen LogP contribution in [0.5, 0.6) is 0 Å². The van der Waals surface area contributed by atoms with Crippen molar-refractivity contribution in [1.82, 2.24) is 9.88 Å². The highest BCUT2D eigenvalue weighted by atomic mass is 35.5. The van der Waals surface area contributed by atoms with Gasteiger partial charge in [-0.05, 0) is 37.6 Å². The molecule has 0 saturated carbocycles. The van der Waals surface area contributed by atoms with Gasteiger partial charge < -0.3 is 0 Å². The van der Waals surface area contributed by atoms with Gasteiger partial charge in [-0.3, -0.25) is 4.90 Å². The number of hydrogen-bond donors (Lipinski definition) is 0. The normalized spacial score (nSPS) is 17.1. The molecule has 1 aromatic rings. The van der Waals surface area contributed by atoms with E-state index >= 15 is 0 Å². The summed E-state index contributed by atoms with van der Waals surface area (Å²) in [5.41, 5.74) is 2.33. The van der Waals surface area contributed by atoms with Crippen LogP contribution in [-0.4, -0.2) is 23.0 Å². The van der Waals surface area contributed by atoms with Gasteiger partial charge in [-0.25, -0.2) is 4.98 Å². The molecule has 13 heavy (non-hydrogen) atoms. The first-order valence-corrected chi connectivity index (χ1v) is 4.97. The highest BCUT2D eigenvalue weighted by Crippen LogP contribution is 2.16. The smallest absolute Gasteiger partial charge is 0.131 e. The second kappa shape index (κ2) is 3.64. The van der Waals surface area contributed by atoms with Crippen molar-refractivity contribution in [2.45, 2.75) is 19.9 Å². The predicted octanol–water partition coefficient (Wildman–Crippen LogP) is 2.25. The van der Waals surface area contributed by atoms with Gasteiger partial charge in [0.2, 0.25) is 0 Å². The van der Waals surface area contributed by atoms with Crippen LogP contribution in [-0.2, 0) is 6.54 Å². The van der Waals surface area contributed by atoms with Gasteiger partial charge in [0.05, 0.1) is 0 Å². The molecule has 2 rings (SSSR count). The van der Waals surface area contributed by atoms with Gasteiger partial charge >= 0.3 is 0 Å². The molecule has 2 heterocycles. The molecule has 0 atom stereocenters. The maximum Gasteiger partial charge on any atom is 0.131 e. The minimum Gasteiger partial charge on any atom is -0.299 e. The largest absolute Gasteiger partial charge is 0.299 e. The third-order valence-corrected chi connectivity index (χ3v) is 2.82. The number of pyridine rings is 1. The van der Waals surface area contributed by atoms with Crippen LogP contribution in [0, 0.1) is 6.92 Å². The van der Waals surface area contributed by atoms with Crippen molar-refractivity contribution in [3.63, 3.8) is 0 Å². The molecule has 0 bridgehead atoms. The van der Waals surface area contributed by atoms with Crippen molar-refractivity contribution in [1.29, 1.82) is 0 Å². The fourth-order valence-electron chi connectivity index (χ4n) is 1.50. The second-order valence-corrected chi connectivity index (χ2v) is 3.94. The lowest BCUT2D eigenvalue weighted by Gasteiger charge is -2.30. The van der Waals surface area contributed by atoms with E-state index in [1.54, 1.807) is 0 Å². The van der Waals surface area contributed by atoms with Crippen LogP contribution in [0.2, 0.25) is 5.15 Å². The maximum absolute atomic E-state index is 5.84. The highest BCUT2D eigenvalue weighted by Gasteiger charge is 2.13. The van der Waals surface area contributed by atoms with E-state index in [4.69, 9.17) is 11.6 Å². The molecule has 1 aliphatic heterocycles. The predicted molar refractivity (Wildman–Crippen MR) is 53.9 cm³/mol. The Hall–Kier alpha value is -0.600. The Morgan fingerprint density at radius 1 is 1.54 bits per heavy atom. The molecule has 1 saturated heterocycles. The van der Waals surface area contributed by atoms with Crippen molar-refractivity contribution in [3.05, 3.63) is 28.5 Å². The lowest BCUT2D eigenvalue weighted by atomic mass is 10.1. The van der Waals surface area contributed by atoms with Gasteiger partial charge in [0.15, 0.2) is 0 Å². The average molecular weight is 197 g/mol. The summed E-state index contributed by atoms with van der Waals surface area (Å²) in [5, 5.41) is 0.618. The minimum atomic E-state index is 0.618. The lowest BCUT2D eigenvalue weighted by molar-refractivity contribution is 0.172. The molecule has 2 nitrogen and oxygen atoms in total. The van der Waals surface area contributed by atoms with E-state index < -0.39 is 0 Å². The Labute approximate surface area is 83.5 Å². The molecule has 1 fully saturated rings. The lowest BCUT2D eigenvalue weighted by Crippen LogP contribution is -2.36. The summed E-state index contributed by atoms with van der Waals surface area (Å²) in [7, 11) is 0. The molecular weight excluding hydrogens is 184 g/mol. The van der Waals surface area contributed by atoms with Crippen LogP contribution in [0.3, 0.4) is 0 Å². The van der Waals surface area contributed by atoms with Crippen LogP contribution in [0.25, 0.3) is 0 Å². The molecule has 70 valence electrons. The van der Waals surface area contributed by atoms with Crippen LogP contribution in [0.1, 0.15) is 17.5 Å². The van der Waals surface area contributed by atoms with Crippen molar-refractivity contribution in [3.8, 4) is 0 Å². The number of aryl methyl sites for hydroxylation is 1. The molecule has 0 aromatic carbocycles. The summed E-state index contributed by atoms with van der Waals surface area (Å²) in [6.45, 7) is 5.46. The molecule has 3 heteroatoms. The Morgan fingerprint density at radius 3 is 2.85 bits per heavy atom. The quantitative estimate of drug-likeness (QED) is 0.675. The maximum atomic E-state index is 5.84. The van der Waals surface area contributed by atoms with Gasteiger partial charge in [0.1, 0.15) is 5.15 Å². The molecular formula is C10H13ClN2. The van der Waals surface area contributed by atoms with Gasteiger partial charge in [0.25, 0.3) is 0 Å². The summed E-state index contributed by atoms with van der Waals surface area (Å²) < 4.78 is 0. The van der Waals surface area contributed by atoms with Crippen molar-refractivity contribution in [2.75, 3.05) is 13.1 Å². The van der Waals surface area contributed by atoms with Gasteiger partial charge in [0, 0.05) is 12.7 Å². The Kier molecular flexibility index (Phi) is 2.51. The molecule has 0 radical (unpaired) electrons. The zero-order valence-corrected chi connectivity index (χ0v) is 8.51. The molecule has 1 aromatic heterocycles. The summed E-state index contributed by atoms with van der Waals surface area (Å²) in [6.07, 6.45) is 3.20. The monoisotopic (exact) mass is 196 g/mol. The number of nitrogens with zero attached hydrogens (tertiary/aromatic N) is 2. The number of rotatable bonds is 2. The summed E-state index contributed by atoms with van der Waals surface area (Å²) >= 11 is 5.84. The van der Waals surface area contributed by atoms with Crippen molar-refractivity contribution >= 4 is 11.6 Å². The topological polar surface area (TPSA) is 16.1 Å². The summed E-state index contributed by atoms with van der Waals surface area (Å²) in [5.74, 6) is 0. The zero-order chi connectivity index (χ0) is 9.26. The summed E-state index contributed by atoms with van der Waals surface area (Å²) in [4.78, 5) is 6.54. The number of halogens is 1. The van der Waals surface area contributed by atoms with E-state index in [9.17, 15) is 0 Å². The van der Waals surface area contributed by atoms with Crippen LogP contribution in [0.4, 0.5) is 0 Å². The highest BCUT2D eigenvalue weighted by molar-refractivity contribution is 6.30. The molecule has 0 amide bonds.